The summed E-state index contributed by atoms with van der Waals surface area (Å²) in [6.07, 6.45) is 5.05. The molecule has 21 heavy (non-hydrogen) atoms. The van der Waals surface area contributed by atoms with Gasteiger partial charge in [-0.05, 0) is 52.4 Å². The van der Waals surface area contributed by atoms with Gasteiger partial charge in [-0.1, -0.05) is 33.6 Å². The first-order chi connectivity index (χ1) is 9.60. The fourth-order valence-electron chi connectivity index (χ4n) is 2.16. The van der Waals surface area contributed by atoms with E-state index in [4.69, 9.17) is 14.6 Å². The van der Waals surface area contributed by atoms with E-state index in [0.717, 1.165) is 19.4 Å². The normalized spacial score (nSPS) is 13.7. The lowest BCUT2D eigenvalue weighted by Gasteiger charge is -2.32. The zero-order valence-corrected chi connectivity index (χ0v) is 15.4. The Kier molecular flexibility index (Phi) is 9.06. The molecular weight excluding hydrogens is 264 g/mol. The van der Waals surface area contributed by atoms with E-state index in [0.29, 0.717) is 18.4 Å². The molecule has 0 saturated heterocycles. The van der Waals surface area contributed by atoms with E-state index in [1.54, 1.807) is 0 Å². The summed E-state index contributed by atoms with van der Waals surface area (Å²) in [6.45, 7) is 16.8. The molecule has 128 valence electrons. The highest BCUT2D eigenvalue weighted by atomic mass is 16.5. The summed E-state index contributed by atoms with van der Waals surface area (Å²) in [5, 5.41) is 9.00. The number of hydrogen-bond acceptors (Lipinski definition) is 3. The molecule has 0 bridgehead atoms. The van der Waals surface area contributed by atoms with Crippen molar-refractivity contribution in [2.45, 2.75) is 91.8 Å². The van der Waals surface area contributed by atoms with Gasteiger partial charge in [-0.2, -0.15) is 0 Å². The Bertz CT molecular complexity index is 268. The van der Waals surface area contributed by atoms with Gasteiger partial charge in [-0.25, -0.2) is 0 Å². The third kappa shape index (κ3) is 9.49. The highest BCUT2D eigenvalue weighted by Crippen LogP contribution is 2.30. The molecule has 1 N–H and O–H groups in total. The Morgan fingerprint density at radius 1 is 0.714 bits per heavy atom. The molecule has 0 heterocycles. The van der Waals surface area contributed by atoms with Gasteiger partial charge in [-0.15, -0.1) is 0 Å². The molecular formula is C18H38O3. The molecule has 0 aliphatic carbocycles. The Hall–Kier alpha value is -0.120. The maximum atomic E-state index is 9.00. The lowest BCUT2D eigenvalue weighted by molar-refractivity contribution is -0.0819. The third-order valence-electron chi connectivity index (χ3n) is 4.82. The minimum absolute atomic E-state index is 0.155. The average Bonchev–Trinajstić information content (AvgIpc) is 2.37. The Labute approximate surface area is 132 Å². The maximum absolute atomic E-state index is 9.00. The third-order valence-corrected chi connectivity index (χ3v) is 4.82. The van der Waals surface area contributed by atoms with Crippen LogP contribution in [-0.2, 0) is 9.47 Å². The highest BCUT2D eigenvalue weighted by molar-refractivity contribution is 4.74. The second kappa shape index (κ2) is 9.12. The van der Waals surface area contributed by atoms with Crippen LogP contribution < -0.4 is 0 Å². The van der Waals surface area contributed by atoms with Crippen molar-refractivity contribution in [3.05, 3.63) is 0 Å². The predicted octanol–water partition coefficient (Wildman–Crippen LogP) is 4.57. The first-order valence-electron chi connectivity index (χ1n) is 8.48. The van der Waals surface area contributed by atoms with Crippen LogP contribution in [0.15, 0.2) is 0 Å². The average molecular weight is 302 g/mol. The second-order valence-corrected chi connectivity index (χ2v) is 7.71. The summed E-state index contributed by atoms with van der Waals surface area (Å²) >= 11 is 0. The van der Waals surface area contributed by atoms with Gasteiger partial charge in [0, 0.05) is 13.2 Å². The van der Waals surface area contributed by atoms with E-state index in [9.17, 15) is 0 Å². The molecule has 0 aromatic heterocycles. The molecule has 0 saturated carbocycles. The molecule has 0 radical (unpaired) electrons. The van der Waals surface area contributed by atoms with Crippen LogP contribution in [0.1, 0.15) is 80.6 Å². The van der Waals surface area contributed by atoms with E-state index in [2.05, 4.69) is 34.6 Å². The fourth-order valence-corrected chi connectivity index (χ4v) is 2.16. The molecule has 0 spiro atoms. The zero-order valence-electron chi connectivity index (χ0n) is 15.4. The Balaban J connectivity index is 4.04. The van der Waals surface area contributed by atoms with E-state index < -0.39 is 0 Å². The van der Waals surface area contributed by atoms with Crippen molar-refractivity contribution < 1.29 is 14.6 Å². The first-order valence-corrected chi connectivity index (χ1v) is 8.48. The zero-order chi connectivity index (χ0) is 16.6. The fraction of sp³-hybridized carbons (Fsp3) is 1.00. The van der Waals surface area contributed by atoms with Crippen molar-refractivity contribution in [3.63, 3.8) is 0 Å². The lowest BCUT2D eigenvalue weighted by Crippen LogP contribution is -2.32. The van der Waals surface area contributed by atoms with Crippen molar-refractivity contribution in [1.82, 2.24) is 0 Å². The minimum Gasteiger partial charge on any atom is -0.396 e. The van der Waals surface area contributed by atoms with E-state index in [1.807, 2.05) is 13.8 Å². The Morgan fingerprint density at radius 2 is 1.14 bits per heavy atom. The molecule has 0 amide bonds. The maximum Gasteiger partial charge on any atom is 0.0648 e. The molecule has 3 heteroatoms. The molecule has 0 fully saturated rings. The first kappa shape index (κ1) is 20.9. The van der Waals surface area contributed by atoms with Crippen molar-refractivity contribution in [2.24, 2.45) is 5.41 Å². The van der Waals surface area contributed by atoms with Gasteiger partial charge in [0.1, 0.15) is 0 Å². The number of rotatable bonds is 12. The molecule has 0 rings (SSSR count). The number of hydrogen-bond donors (Lipinski definition) is 1. The molecule has 0 atom stereocenters. The lowest BCUT2D eigenvalue weighted by atomic mass is 9.82. The Morgan fingerprint density at radius 3 is 1.57 bits per heavy atom. The van der Waals surface area contributed by atoms with Gasteiger partial charge in [-0.3, -0.25) is 0 Å². The molecule has 0 aromatic rings. The molecule has 0 aliphatic heterocycles. The van der Waals surface area contributed by atoms with E-state index >= 15 is 0 Å². The topological polar surface area (TPSA) is 38.7 Å². The largest absolute Gasteiger partial charge is 0.396 e. The molecule has 0 aromatic carbocycles. The van der Waals surface area contributed by atoms with Crippen LogP contribution in [0.4, 0.5) is 0 Å². The van der Waals surface area contributed by atoms with Crippen LogP contribution in [-0.4, -0.2) is 36.1 Å². The van der Waals surface area contributed by atoms with Crippen LogP contribution in [0.5, 0.6) is 0 Å². The van der Waals surface area contributed by atoms with Gasteiger partial charge < -0.3 is 14.6 Å². The summed E-state index contributed by atoms with van der Waals surface area (Å²) in [4.78, 5) is 0. The number of ether oxygens (including phenoxy) is 2. The van der Waals surface area contributed by atoms with Crippen molar-refractivity contribution in [2.75, 3.05) is 19.8 Å². The molecule has 0 aliphatic rings. The van der Waals surface area contributed by atoms with Crippen molar-refractivity contribution in [1.29, 1.82) is 0 Å². The summed E-state index contributed by atoms with van der Waals surface area (Å²) < 4.78 is 11.9. The van der Waals surface area contributed by atoms with Crippen LogP contribution in [0.2, 0.25) is 0 Å². The number of aliphatic hydroxyl groups is 1. The molecule has 0 unspecified atom stereocenters. The SMILES string of the molecule is CCC(C)(CC)CCOC(C)(C)CCOC(C)(C)CCO. The van der Waals surface area contributed by atoms with Crippen molar-refractivity contribution >= 4 is 0 Å². The highest BCUT2D eigenvalue weighted by Gasteiger charge is 2.24. The molecule has 3 nitrogen and oxygen atoms in total. The predicted molar refractivity (Wildman–Crippen MR) is 89.7 cm³/mol. The smallest absolute Gasteiger partial charge is 0.0648 e. The number of aliphatic hydroxyl groups excluding tert-OH is 1. The van der Waals surface area contributed by atoms with Crippen LogP contribution in [0.25, 0.3) is 0 Å². The van der Waals surface area contributed by atoms with Gasteiger partial charge in [0.15, 0.2) is 0 Å². The van der Waals surface area contributed by atoms with Gasteiger partial charge in [0.25, 0.3) is 0 Å². The monoisotopic (exact) mass is 302 g/mol. The summed E-state index contributed by atoms with van der Waals surface area (Å²) in [6, 6.07) is 0. The van der Waals surface area contributed by atoms with Gasteiger partial charge in [0.2, 0.25) is 0 Å². The van der Waals surface area contributed by atoms with Crippen LogP contribution >= 0.6 is 0 Å². The second-order valence-electron chi connectivity index (χ2n) is 7.71. The minimum atomic E-state index is -0.256. The van der Waals surface area contributed by atoms with Gasteiger partial charge in [0.05, 0.1) is 17.8 Å². The van der Waals surface area contributed by atoms with Crippen molar-refractivity contribution in [3.8, 4) is 0 Å². The standard InChI is InChI=1S/C18H38O3/c1-8-18(7,9-2)12-15-21-17(5,6)11-14-20-16(3,4)10-13-19/h19H,8-15H2,1-7H3. The van der Waals surface area contributed by atoms with Gasteiger partial charge >= 0.3 is 0 Å². The summed E-state index contributed by atoms with van der Waals surface area (Å²) in [5.74, 6) is 0. The van der Waals surface area contributed by atoms with E-state index in [-0.39, 0.29) is 17.8 Å². The summed E-state index contributed by atoms with van der Waals surface area (Å²) in [5.41, 5.74) is -0.0127. The van der Waals surface area contributed by atoms with Crippen LogP contribution in [0, 0.1) is 5.41 Å². The quantitative estimate of drug-likeness (QED) is 0.574. The summed E-state index contributed by atoms with van der Waals surface area (Å²) in [7, 11) is 0. The van der Waals surface area contributed by atoms with E-state index in [1.165, 1.54) is 12.8 Å². The van der Waals surface area contributed by atoms with Crippen LogP contribution in [0.3, 0.4) is 0 Å².